The van der Waals surface area contributed by atoms with E-state index < -0.39 is 66.1 Å². The van der Waals surface area contributed by atoms with E-state index >= 15 is 0 Å². The van der Waals surface area contributed by atoms with Crippen molar-refractivity contribution in [1.29, 1.82) is 0 Å². The molecule has 0 aliphatic carbocycles. The summed E-state index contributed by atoms with van der Waals surface area (Å²) in [6.07, 6.45) is -16.0. The summed E-state index contributed by atoms with van der Waals surface area (Å²) in [7, 11) is 1.51. The number of methoxy groups -OCH3 is 2. The Labute approximate surface area is 182 Å². The average molecular weight is 518 g/mol. The van der Waals surface area contributed by atoms with Gasteiger partial charge in [-0.1, -0.05) is 6.07 Å². The van der Waals surface area contributed by atoms with Crippen molar-refractivity contribution in [3.05, 3.63) is 23.8 Å². The van der Waals surface area contributed by atoms with Crippen LogP contribution in [0.25, 0.3) is 0 Å². The molecule has 0 aromatic heterocycles. The van der Waals surface area contributed by atoms with E-state index in [1.54, 1.807) is 0 Å². The molecule has 1 unspecified atom stereocenters. The fourth-order valence-corrected chi connectivity index (χ4v) is 2.04. The lowest BCUT2D eigenvalue weighted by molar-refractivity contribution is -0.282. The van der Waals surface area contributed by atoms with Crippen LogP contribution in [-0.4, -0.2) is 62.4 Å². The zero-order valence-electron chi connectivity index (χ0n) is 16.7. The Morgan fingerprint density at radius 2 is 1.29 bits per heavy atom. The highest BCUT2D eigenvalue weighted by Crippen LogP contribution is 2.39. The quantitative estimate of drug-likeness (QED) is 0.295. The van der Waals surface area contributed by atoms with Crippen LogP contribution >= 0.6 is 0 Å². The molecule has 0 heterocycles. The molecule has 1 aromatic rings. The van der Waals surface area contributed by atoms with Crippen LogP contribution in [0.5, 0.6) is 11.5 Å². The third-order valence-electron chi connectivity index (χ3n) is 3.79. The maximum Gasteiger partial charge on any atom is 0.465 e. The van der Waals surface area contributed by atoms with Crippen molar-refractivity contribution in [2.45, 2.75) is 36.7 Å². The van der Waals surface area contributed by atoms with Crippen molar-refractivity contribution >= 4 is 17.9 Å². The number of carbonyl (C=O) groups is 3. The van der Waals surface area contributed by atoms with Gasteiger partial charge in [0.2, 0.25) is 6.10 Å². The van der Waals surface area contributed by atoms with Crippen LogP contribution in [0.4, 0.5) is 43.9 Å². The maximum absolute atomic E-state index is 13.1. The van der Waals surface area contributed by atoms with Gasteiger partial charge in [-0.2, -0.15) is 43.9 Å². The zero-order valence-corrected chi connectivity index (χ0v) is 16.7. The molecule has 0 aliphatic heterocycles. The second-order valence-corrected chi connectivity index (χ2v) is 6.14. The molecule has 34 heavy (non-hydrogen) atoms. The molecule has 0 bridgehead atoms. The van der Waals surface area contributed by atoms with Crippen molar-refractivity contribution in [3.8, 4) is 11.5 Å². The van der Waals surface area contributed by atoms with Crippen molar-refractivity contribution in [1.82, 2.24) is 0 Å². The summed E-state index contributed by atoms with van der Waals surface area (Å²) < 4.78 is 143. The topological polar surface area (TPSA) is 88.1 Å². The number of carbonyl (C=O) groups excluding carboxylic acids is 3. The van der Waals surface area contributed by atoms with Crippen LogP contribution in [0, 0.1) is 0 Å². The Hall–Kier alpha value is -3.27. The smallest absolute Gasteiger partial charge is 0.465 e. The van der Waals surface area contributed by atoms with E-state index in [4.69, 9.17) is 0 Å². The normalized spacial score (nSPS) is 13.6. The second kappa shape index (κ2) is 9.92. The fourth-order valence-electron chi connectivity index (χ4n) is 2.04. The number of ether oxygens (including phenoxy) is 4. The lowest BCUT2D eigenvalue weighted by atomic mass is 10.1. The fraction of sp³-hybridized carbons (Fsp3) is 0.471. The number of alkyl halides is 10. The molecule has 0 N–H and O–H groups in total. The average Bonchev–Trinajstić information content (AvgIpc) is 2.71. The standard InChI is InChI=1S/C17H12F10O7/c1-31-9-5-7(3-4-8(9)33-12(29)14(18,19)16(22,23)24)6-10(11(28)32-2)34-13(30)15(20,21)17(25,26)27/h3-5,10H,6H2,1-2H3. The minimum Gasteiger partial charge on any atom is -0.493 e. The molecular formula is C17H12F10O7. The molecule has 192 valence electrons. The van der Waals surface area contributed by atoms with Crippen LogP contribution in [-0.2, 0) is 30.3 Å². The van der Waals surface area contributed by atoms with Gasteiger partial charge in [0.05, 0.1) is 14.2 Å². The van der Waals surface area contributed by atoms with Crippen molar-refractivity contribution in [2.24, 2.45) is 0 Å². The van der Waals surface area contributed by atoms with Gasteiger partial charge in [-0.3, -0.25) is 0 Å². The zero-order chi connectivity index (χ0) is 26.7. The van der Waals surface area contributed by atoms with Crippen molar-refractivity contribution < 1.29 is 77.2 Å². The Balaban J connectivity index is 3.17. The molecule has 17 heteroatoms. The highest BCUT2D eigenvalue weighted by atomic mass is 19.4. The first kappa shape index (κ1) is 28.8. The summed E-state index contributed by atoms with van der Waals surface area (Å²) in [5.74, 6) is -21.3. The molecule has 1 aromatic carbocycles. The molecule has 1 rings (SSSR count). The molecule has 0 aliphatic rings. The molecule has 0 fully saturated rings. The summed E-state index contributed by atoms with van der Waals surface area (Å²) in [6.45, 7) is 0. The molecule has 7 nitrogen and oxygen atoms in total. The summed E-state index contributed by atoms with van der Waals surface area (Å²) in [5, 5.41) is 0. The van der Waals surface area contributed by atoms with Crippen molar-refractivity contribution in [3.63, 3.8) is 0 Å². The van der Waals surface area contributed by atoms with Gasteiger partial charge in [-0.05, 0) is 17.7 Å². The minimum atomic E-state index is -6.35. The molecule has 0 spiro atoms. The Bertz CT molecular complexity index is 924. The van der Waals surface area contributed by atoms with Gasteiger partial charge in [0.1, 0.15) is 0 Å². The molecule has 0 amide bonds. The van der Waals surface area contributed by atoms with E-state index in [0.29, 0.717) is 13.2 Å². The number of rotatable bonds is 8. The maximum atomic E-state index is 13.1. The summed E-state index contributed by atoms with van der Waals surface area (Å²) >= 11 is 0. The second-order valence-electron chi connectivity index (χ2n) is 6.14. The first-order valence-electron chi connectivity index (χ1n) is 8.36. The lowest BCUT2D eigenvalue weighted by Gasteiger charge is -2.22. The van der Waals surface area contributed by atoms with E-state index in [0.717, 1.165) is 19.2 Å². The molecule has 0 saturated carbocycles. The number of hydrogen-bond acceptors (Lipinski definition) is 7. The minimum absolute atomic E-state index is 0.280. The monoisotopic (exact) mass is 518 g/mol. The molecular weight excluding hydrogens is 506 g/mol. The van der Waals surface area contributed by atoms with E-state index in [2.05, 4.69) is 18.9 Å². The van der Waals surface area contributed by atoms with E-state index in [9.17, 15) is 58.3 Å². The molecule has 0 saturated heterocycles. The number of esters is 3. The third-order valence-corrected chi connectivity index (χ3v) is 3.79. The predicted octanol–water partition coefficient (Wildman–Crippen LogP) is 3.62. The van der Waals surface area contributed by atoms with E-state index in [1.807, 2.05) is 0 Å². The van der Waals surface area contributed by atoms with Crippen LogP contribution < -0.4 is 9.47 Å². The third kappa shape index (κ3) is 6.19. The SMILES string of the molecule is COC(=O)C(Cc1ccc(OC(=O)C(F)(F)C(F)(F)F)c(OC)c1)OC(=O)C(F)(F)C(F)(F)F. The van der Waals surface area contributed by atoms with Crippen LogP contribution in [0.15, 0.2) is 18.2 Å². The Morgan fingerprint density at radius 1 is 0.794 bits per heavy atom. The van der Waals surface area contributed by atoms with Crippen LogP contribution in [0.2, 0.25) is 0 Å². The first-order chi connectivity index (χ1) is 15.3. The highest BCUT2D eigenvalue weighted by molar-refractivity contribution is 5.84. The Kier molecular flexibility index (Phi) is 8.39. The van der Waals surface area contributed by atoms with Gasteiger partial charge in [0, 0.05) is 6.42 Å². The number of benzene rings is 1. The van der Waals surface area contributed by atoms with Crippen LogP contribution in [0.3, 0.4) is 0 Å². The van der Waals surface area contributed by atoms with Crippen LogP contribution in [0.1, 0.15) is 5.56 Å². The largest absolute Gasteiger partial charge is 0.493 e. The molecule has 1 atom stereocenters. The first-order valence-corrected chi connectivity index (χ1v) is 8.36. The van der Waals surface area contributed by atoms with Gasteiger partial charge >= 0.3 is 42.1 Å². The summed E-state index contributed by atoms with van der Waals surface area (Å²) in [5.41, 5.74) is -0.280. The highest BCUT2D eigenvalue weighted by Gasteiger charge is 2.66. The van der Waals surface area contributed by atoms with Gasteiger partial charge in [-0.15, -0.1) is 0 Å². The lowest BCUT2D eigenvalue weighted by Crippen LogP contribution is -2.47. The van der Waals surface area contributed by atoms with Gasteiger partial charge < -0.3 is 18.9 Å². The number of halogens is 10. The van der Waals surface area contributed by atoms with E-state index in [-0.39, 0.29) is 5.56 Å². The predicted molar refractivity (Wildman–Crippen MR) is 86.2 cm³/mol. The molecule has 0 radical (unpaired) electrons. The van der Waals surface area contributed by atoms with Gasteiger partial charge in [0.15, 0.2) is 11.5 Å². The Morgan fingerprint density at radius 3 is 1.74 bits per heavy atom. The summed E-state index contributed by atoms with van der Waals surface area (Å²) in [6, 6.07) is 2.07. The van der Waals surface area contributed by atoms with Gasteiger partial charge in [-0.25, -0.2) is 14.4 Å². The van der Waals surface area contributed by atoms with Crippen molar-refractivity contribution in [2.75, 3.05) is 14.2 Å². The van der Waals surface area contributed by atoms with Gasteiger partial charge in [0.25, 0.3) is 0 Å². The number of hydrogen-bond donors (Lipinski definition) is 0. The summed E-state index contributed by atoms with van der Waals surface area (Å²) in [4.78, 5) is 34.2. The van der Waals surface area contributed by atoms with E-state index in [1.165, 1.54) is 0 Å².